The van der Waals surface area contributed by atoms with E-state index in [-0.39, 0.29) is 11.2 Å². The molecule has 28 heavy (non-hydrogen) atoms. The Kier molecular flexibility index (Phi) is 4.84. The van der Waals surface area contributed by atoms with Crippen LogP contribution in [0, 0.1) is 5.41 Å². The average molecular weight is 388 g/mol. The molecule has 0 radical (unpaired) electrons. The Hall–Kier alpha value is -2.81. The first-order chi connectivity index (χ1) is 13.5. The van der Waals surface area contributed by atoms with Crippen LogP contribution in [0.2, 0.25) is 0 Å². The molecule has 0 atom stereocenters. The maximum Gasteiger partial charge on any atom is 0.387 e. The van der Waals surface area contributed by atoms with Gasteiger partial charge in [-0.2, -0.15) is 13.9 Å². The van der Waals surface area contributed by atoms with E-state index in [1.54, 1.807) is 18.3 Å². The van der Waals surface area contributed by atoms with Crippen LogP contribution in [0.25, 0.3) is 22.4 Å². The second kappa shape index (κ2) is 7.31. The maximum atomic E-state index is 12.3. The molecular weight excluding hydrogens is 366 g/mol. The summed E-state index contributed by atoms with van der Waals surface area (Å²) < 4.78 is 29.0. The Morgan fingerprint density at radius 1 is 1.25 bits per heavy atom. The fraction of sp³-hybridized carbons (Fsp3) is 0.421. The topological polar surface area (TPSA) is 92.9 Å². The molecule has 2 aromatic heterocycles. The highest BCUT2D eigenvalue weighted by Gasteiger charge is 2.29. The van der Waals surface area contributed by atoms with Crippen LogP contribution in [0.1, 0.15) is 19.8 Å². The third kappa shape index (κ3) is 3.62. The van der Waals surface area contributed by atoms with Gasteiger partial charge in [0.05, 0.1) is 11.9 Å². The number of rotatable bonds is 5. The number of nitrogens with two attached hydrogens (primary N) is 1. The first-order valence-electron chi connectivity index (χ1n) is 9.19. The number of hydrogen-bond acceptors (Lipinski definition) is 6. The number of fused-ring (bicyclic) bond motifs is 1. The highest BCUT2D eigenvalue weighted by atomic mass is 19.3. The minimum Gasteiger partial charge on any atom is -0.435 e. The number of piperidine rings is 1. The number of H-pyrrole nitrogens is 1. The van der Waals surface area contributed by atoms with Crippen LogP contribution < -0.4 is 15.4 Å². The molecule has 1 saturated heterocycles. The van der Waals surface area contributed by atoms with Crippen molar-refractivity contribution in [3.63, 3.8) is 0 Å². The van der Waals surface area contributed by atoms with E-state index in [2.05, 4.69) is 36.7 Å². The normalized spacial score (nSPS) is 16.7. The van der Waals surface area contributed by atoms with Crippen molar-refractivity contribution in [3.05, 3.63) is 30.5 Å². The van der Waals surface area contributed by atoms with Crippen molar-refractivity contribution in [2.24, 2.45) is 11.1 Å². The predicted molar refractivity (Wildman–Crippen MR) is 102 cm³/mol. The number of benzene rings is 1. The van der Waals surface area contributed by atoms with Gasteiger partial charge < -0.3 is 15.4 Å². The quantitative estimate of drug-likeness (QED) is 0.697. The van der Waals surface area contributed by atoms with Gasteiger partial charge in [-0.1, -0.05) is 6.92 Å². The Labute approximate surface area is 160 Å². The second-order valence-corrected chi connectivity index (χ2v) is 7.40. The Balaban J connectivity index is 1.55. The molecule has 0 aliphatic carbocycles. The van der Waals surface area contributed by atoms with Crippen molar-refractivity contribution >= 4 is 17.0 Å². The molecule has 3 heterocycles. The van der Waals surface area contributed by atoms with E-state index in [0.29, 0.717) is 23.4 Å². The zero-order valence-corrected chi connectivity index (χ0v) is 15.5. The minimum absolute atomic E-state index is 0.102. The lowest BCUT2D eigenvalue weighted by Gasteiger charge is -2.39. The van der Waals surface area contributed by atoms with E-state index in [1.165, 1.54) is 12.1 Å². The lowest BCUT2D eigenvalue weighted by molar-refractivity contribution is -0.0498. The van der Waals surface area contributed by atoms with E-state index in [1.807, 2.05) is 0 Å². The van der Waals surface area contributed by atoms with Gasteiger partial charge >= 0.3 is 6.61 Å². The molecule has 0 unspecified atom stereocenters. The van der Waals surface area contributed by atoms with Crippen molar-refractivity contribution in [1.82, 2.24) is 20.2 Å². The van der Waals surface area contributed by atoms with Crippen LogP contribution in [-0.2, 0) is 0 Å². The van der Waals surface area contributed by atoms with Gasteiger partial charge in [-0.15, -0.1) is 0 Å². The molecule has 1 aliphatic rings. The van der Waals surface area contributed by atoms with Gasteiger partial charge in [0.25, 0.3) is 0 Å². The van der Waals surface area contributed by atoms with Gasteiger partial charge in [-0.3, -0.25) is 5.10 Å². The summed E-state index contributed by atoms with van der Waals surface area (Å²) in [4.78, 5) is 11.4. The first kappa shape index (κ1) is 18.5. The molecule has 0 amide bonds. The molecule has 148 valence electrons. The van der Waals surface area contributed by atoms with Gasteiger partial charge in [0.15, 0.2) is 0 Å². The Morgan fingerprint density at radius 3 is 2.61 bits per heavy atom. The zero-order valence-electron chi connectivity index (χ0n) is 15.5. The van der Waals surface area contributed by atoms with Crippen molar-refractivity contribution in [3.8, 4) is 17.0 Å². The molecule has 9 heteroatoms. The number of hydrogen-bond donors (Lipinski definition) is 2. The van der Waals surface area contributed by atoms with Gasteiger partial charge in [0.2, 0.25) is 5.65 Å². The van der Waals surface area contributed by atoms with Crippen LogP contribution in [0.3, 0.4) is 0 Å². The zero-order chi connectivity index (χ0) is 19.7. The monoisotopic (exact) mass is 388 g/mol. The summed E-state index contributed by atoms with van der Waals surface area (Å²) in [6.45, 7) is 1.83. The van der Waals surface area contributed by atoms with E-state index >= 15 is 0 Å². The molecule has 3 aromatic rings. The number of halogens is 2. The summed E-state index contributed by atoms with van der Waals surface area (Å²) in [7, 11) is 0. The minimum atomic E-state index is -2.85. The van der Waals surface area contributed by atoms with E-state index in [9.17, 15) is 8.78 Å². The summed E-state index contributed by atoms with van der Waals surface area (Å²) in [5, 5.41) is 7.21. The second-order valence-electron chi connectivity index (χ2n) is 7.40. The fourth-order valence-corrected chi connectivity index (χ4v) is 3.42. The van der Waals surface area contributed by atoms with Gasteiger partial charge in [-0.05, 0) is 49.1 Å². The summed E-state index contributed by atoms with van der Waals surface area (Å²) in [5.41, 5.74) is 8.68. The standard InChI is InChI=1S/C19H22F2N6O/c1-19(11-22)6-8-27(9-7-19)14-10-23-16-15(25-26-17(16)24-14)12-2-4-13(5-3-12)28-18(20)21/h2-5,10,18H,6-9,11,22H2,1H3,(H,24,25,26). The number of ether oxygens (including phenoxy) is 1. The summed E-state index contributed by atoms with van der Waals surface area (Å²) >= 11 is 0. The number of nitrogens with one attached hydrogen (secondary N) is 1. The van der Waals surface area contributed by atoms with E-state index in [4.69, 9.17) is 5.73 Å². The van der Waals surface area contributed by atoms with Crippen LogP contribution in [0.5, 0.6) is 5.75 Å². The molecular formula is C19H22F2N6O. The highest BCUT2D eigenvalue weighted by Crippen LogP contribution is 2.32. The van der Waals surface area contributed by atoms with Crippen molar-refractivity contribution in [1.29, 1.82) is 0 Å². The van der Waals surface area contributed by atoms with Crippen molar-refractivity contribution in [2.75, 3.05) is 24.5 Å². The summed E-state index contributed by atoms with van der Waals surface area (Å²) in [5.74, 6) is 0.899. The van der Waals surface area contributed by atoms with Crippen molar-refractivity contribution in [2.45, 2.75) is 26.4 Å². The smallest absolute Gasteiger partial charge is 0.387 e. The van der Waals surface area contributed by atoms with E-state index in [0.717, 1.165) is 37.3 Å². The van der Waals surface area contributed by atoms with Gasteiger partial charge in [-0.25, -0.2) is 9.97 Å². The number of anilines is 1. The Morgan fingerprint density at radius 2 is 1.96 bits per heavy atom. The van der Waals surface area contributed by atoms with Gasteiger partial charge in [0, 0.05) is 18.7 Å². The molecule has 0 bridgehead atoms. The van der Waals surface area contributed by atoms with Crippen LogP contribution in [0.4, 0.5) is 14.6 Å². The first-order valence-corrected chi connectivity index (χ1v) is 9.19. The average Bonchev–Trinajstić information content (AvgIpc) is 3.12. The number of aromatic amines is 1. The number of nitrogens with zero attached hydrogens (tertiary/aromatic N) is 4. The van der Waals surface area contributed by atoms with Crippen molar-refractivity contribution < 1.29 is 13.5 Å². The van der Waals surface area contributed by atoms with Crippen LogP contribution in [-0.4, -0.2) is 46.4 Å². The summed E-state index contributed by atoms with van der Waals surface area (Å²) in [6.07, 6.45) is 3.78. The van der Waals surface area contributed by atoms with Gasteiger partial charge in [0.1, 0.15) is 17.1 Å². The maximum absolute atomic E-state index is 12.3. The largest absolute Gasteiger partial charge is 0.435 e. The lowest BCUT2D eigenvalue weighted by atomic mass is 9.80. The molecule has 0 saturated carbocycles. The van der Waals surface area contributed by atoms with E-state index < -0.39 is 6.61 Å². The number of aromatic nitrogens is 4. The molecule has 3 N–H and O–H groups in total. The third-order valence-corrected chi connectivity index (χ3v) is 5.41. The third-order valence-electron chi connectivity index (χ3n) is 5.41. The van der Waals surface area contributed by atoms with Crippen LogP contribution in [0.15, 0.2) is 30.5 Å². The van der Waals surface area contributed by atoms with Crippen LogP contribution >= 0.6 is 0 Å². The molecule has 0 spiro atoms. The summed E-state index contributed by atoms with van der Waals surface area (Å²) in [6, 6.07) is 6.33. The molecule has 7 nitrogen and oxygen atoms in total. The predicted octanol–water partition coefficient (Wildman–Crippen LogP) is 3.19. The molecule has 1 aromatic carbocycles. The number of alkyl halides is 2. The highest BCUT2D eigenvalue weighted by molar-refractivity contribution is 5.87. The Bertz CT molecular complexity index is 951. The fourth-order valence-electron chi connectivity index (χ4n) is 3.42. The molecule has 1 fully saturated rings. The molecule has 1 aliphatic heterocycles. The SMILES string of the molecule is CC1(CN)CCN(c2cnc3c(-c4ccc(OC(F)F)cc4)[nH]nc3n2)CC1. The lowest BCUT2D eigenvalue weighted by Crippen LogP contribution is -2.42. The molecule has 4 rings (SSSR count).